The highest BCUT2D eigenvalue weighted by Crippen LogP contribution is 2.14. The van der Waals surface area contributed by atoms with E-state index in [9.17, 15) is 0 Å². The number of amidine groups is 1. The topological polar surface area (TPSA) is 27.6 Å². The van der Waals surface area contributed by atoms with Crippen molar-refractivity contribution >= 4 is 11.5 Å². The quantitative estimate of drug-likeness (QED) is 0.920. The molecular weight excluding hydrogens is 246 g/mol. The van der Waals surface area contributed by atoms with Crippen LogP contribution in [0.2, 0.25) is 0 Å². The molecule has 102 valence electrons. The van der Waals surface area contributed by atoms with Crippen molar-refractivity contribution in [1.82, 2.24) is 4.90 Å². The summed E-state index contributed by atoms with van der Waals surface area (Å²) in [4.78, 5) is 6.73. The van der Waals surface area contributed by atoms with E-state index in [1.165, 1.54) is 11.1 Å². The average Bonchev–Trinajstić information content (AvgIpc) is 2.93. The van der Waals surface area contributed by atoms with Crippen LogP contribution in [-0.4, -0.2) is 30.9 Å². The third-order valence-corrected chi connectivity index (χ3v) is 3.54. The fourth-order valence-corrected chi connectivity index (χ4v) is 2.38. The van der Waals surface area contributed by atoms with Crippen LogP contribution in [-0.2, 0) is 6.54 Å². The Labute approximate surface area is 120 Å². The lowest BCUT2D eigenvalue weighted by Gasteiger charge is -2.14. The Morgan fingerprint density at radius 1 is 1.05 bits per heavy atom. The van der Waals surface area contributed by atoms with Crippen LogP contribution in [0.5, 0.6) is 0 Å². The van der Waals surface area contributed by atoms with Crippen molar-refractivity contribution in [1.29, 1.82) is 0 Å². The molecule has 1 heterocycles. The van der Waals surface area contributed by atoms with Gasteiger partial charge in [0.25, 0.3) is 0 Å². The van der Waals surface area contributed by atoms with Crippen molar-refractivity contribution in [2.75, 3.05) is 25.5 Å². The molecule has 2 aromatic carbocycles. The summed E-state index contributed by atoms with van der Waals surface area (Å²) in [5, 5.41) is 3.44. The molecule has 1 N–H and O–H groups in total. The third-order valence-electron chi connectivity index (χ3n) is 3.54. The number of rotatable bonds is 4. The summed E-state index contributed by atoms with van der Waals surface area (Å²) < 4.78 is 0. The van der Waals surface area contributed by atoms with Crippen LogP contribution in [0.1, 0.15) is 11.1 Å². The lowest BCUT2D eigenvalue weighted by atomic mass is 10.1. The van der Waals surface area contributed by atoms with Gasteiger partial charge < -0.3 is 10.2 Å². The summed E-state index contributed by atoms with van der Waals surface area (Å²) in [6.07, 6.45) is 0. The first kappa shape index (κ1) is 12.7. The summed E-state index contributed by atoms with van der Waals surface area (Å²) in [7, 11) is 2.09. The molecule has 0 radical (unpaired) electrons. The predicted molar refractivity (Wildman–Crippen MR) is 84.2 cm³/mol. The SMILES string of the molecule is CN1CCN=C1c1ccc(NCc2ccccc2)cc1. The van der Waals surface area contributed by atoms with Gasteiger partial charge in [-0.05, 0) is 29.8 Å². The molecule has 3 nitrogen and oxygen atoms in total. The number of nitrogens with zero attached hydrogens (tertiary/aromatic N) is 2. The summed E-state index contributed by atoms with van der Waals surface area (Å²) in [6.45, 7) is 2.77. The third kappa shape index (κ3) is 2.82. The zero-order valence-electron chi connectivity index (χ0n) is 11.7. The van der Waals surface area contributed by atoms with Gasteiger partial charge in [-0.2, -0.15) is 0 Å². The second-order valence-corrected chi connectivity index (χ2v) is 5.04. The van der Waals surface area contributed by atoms with Gasteiger partial charge >= 0.3 is 0 Å². The van der Waals surface area contributed by atoms with E-state index in [4.69, 9.17) is 0 Å². The Hall–Kier alpha value is -2.29. The van der Waals surface area contributed by atoms with Gasteiger partial charge in [-0.1, -0.05) is 30.3 Å². The minimum Gasteiger partial charge on any atom is -0.381 e. The first-order valence-electron chi connectivity index (χ1n) is 6.97. The molecule has 0 bridgehead atoms. The van der Waals surface area contributed by atoms with Crippen molar-refractivity contribution in [2.45, 2.75) is 6.54 Å². The zero-order chi connectivity index (χ0) is 13.8. The molecule has 0 aromatic heterocycles. The maximum absolute atomic E-state index is 4.53. The highest BCUT2D eigenvalue weighted by atomic mass is 15.2. The average molecular weight is 265 g/mol. The summed E-state index contributed by atoms with van der Waals surface area (Å²) >= 11 is 0. The molecule has 3 heteroatoms. The summed E-state index contributed by atoms with van der Waals surface area (Å²) in [5.74, 6) is 1.10. The van der Waals surface area contributed by atoms with Crippen LogP contribution in [0.15, 0.2) is 59.6 Å². The summed E-state index contributed by atoms with van der Waals surface area (Å²) in [6, 6.07) is 18.9. The second kappa shape index (κ2) is 5.78. The maximum atomic E-state index is 4.53. The Kier molecular flexibility index (Phi) is 3.68. The molecule has 0 aliphatic carbocycles. The lowest BCUT2D eigenvalue weighted by molar-refractivity contribution is 0.557. The van der Waals surface area contributed by atoms with E-state index in [1.807, 2.05) is 6.07 Å². The van der Waals surface area contributed by atoms with Crippen LogP contribution in [0.3, 0.4) is 0 Å². The van der Waals surface area contributed by atoms with Crippen molar-refractivity contribution in [2.24, 2.45) is 4.99 Å². The van der Waals surface area contributed by atoms with E-state index in [1.54, 1.807) is 0 Å². The number of nitrogens with one attached hydrogen (secondary N) is 1. The number of aliphatic imine (C=N–C) groups is 1. The molecule has 20 heavy (non-hydrogen) atoms. The Morgan fingerprint density at radius 3 is 2.45 bits per heavy atom. The Bertz CT molecular complexity index is 587. The summed E-state index contributed by atoms with van der Waals surface area (Å²) in [5.41, 5.74) is 3.62. The molecular formula is C17H19N3. The molecule has 0 saturated carbocycles. The van der Waals surface area contributed by atoms with Crippen LogP contribution in [0.4, 0.5) is 5.69 Å². The van der Waals surface area contributed by atoms with Gasteiger partial charge in [0, 0.05) is 31.4 Å². The molecule has 0 saturated heterocycles. The number of hydrogen-bond acceptors (Lipinski definition) is 3. The van der Waals surface area contributed by atoms with Gasteiger partial charge in [0.2, 0.25) is 0 Å². The first-order chi connectivity index (χ1) is 9.83. The van der Waals surface area contributed by atoms with Crippen LogP contribution in [0.25, 0.3) is 0 Å². The van der Waals surface area contributed by atoms with Gasteiger partial charge in [-0.3, -0.25) is 4.99 Å². The second-order valence-electron chi connectivity index (χ2n) is 5.04. The van der Waals surface area contributed by atoms with Crippen LogP contribution >= 0.6 is 0 Å². The molecule has 1 aliphatic rings. The van der Waals surface area contributed by atoms with Crippen molar-refractivity contribution in [3.05, 3.63) is 65.7 Å². The van der Waals surface area contributed by atoms with Gasteiger partial charge in [-0.25, -0.2) is 0 Å². The Balaban J connectivity index is 1.65. The van der Waals surface area contributed by atoms with Gasteiger partial charge in [0.15, 0.2) is 0 Å². The van der Waals surface area contributed by atoms with Crippen molar-refractivity contribution in [3.63, 3.8) is 0 Å². The highest BCUT2D eigenvalue weighted by Gasteiger charge is 2.13. The largest absolute Gasteiger partial charge is 0.381 e. The zero-order valence-corrected chi connectivity index (χ0v) is 11.7. The van der Waals surface area contributed by atoms with Gasteiger partial charge in [-0.15, -0.1) is 0 Å². The van der Waals surface area contributed by atoms with Crippen molar-refractivity contribution in [3.8, 4) is 0 Å². The molecule has 0 amide bonds. The molecule has 0 atom stereocenters. The normalized spacial score (nSPS) is 14.2. The van der Waals surface area contributed by atoms with Crippen LogP contribution < -0.4 is 5.32 Å². The van der Waals surface area contributed by atoms with E-state index in [0.717, 1.165) is 31.2 Å². The minimum atomic E-state index is 0.848. The lowest BCUT2D eigenvalue weighted by Crippen LogP contribution is -2.23. The molecule has 0 unspecified atom stereocenters. The van der Waals surface area contributed by atoms with E-state index in [0.29, 0.717) is 0 Å². The first-order valence-corrected chi connectivity index (χ1v) is 6.97. The number of likely N-dealkylation sites (N-methyl/N-ethyl adjacent to an activating group) is 1. The van der Waals surface area contributed by atoms with E-state index in [-0.39, 0.29) is 0 Å². The fraction of sp³-hybridized carbons (Fsp3) is 0.235. The molecule has 0 fully saturated rings. The monoisotopic (exact) mass is 265 g/mol. The smallest absolute Gasteiger partial charge is 0.130 e. The van der Waals surface area contributed by atoms with E-state index < -0.39 is 0 Å². The molecule has 3 rings (SSSR count). The van der Waals surface area contributed by atoms with E-state index >= 15 is 0 Å². The molecule has 1 aliphatic heterocycles. The standard InChI is InChI=1S/C17H19N3/c1-20-12-11-18-17(20)15-7-9-16(10-8-15)19-13-14-5-3-2-4-6-14/h2-10,19H,11-13H2,1H3. The molecule has 0 spiro atoms. The maximum Gasteiger partial charge on any atom is 0.130 e. The number of hydrogen-bond donors (Lipinski definition) is 1. The van der Waals surface area contributed by atoms with E-state index in [2.05, 4.69) is 70.8 Å². The predicted octanol–water partition coefficient (Wildman–Crippen LogP) is 2.99. The molecule has 2 aromatic rings. The minimum absolute atomic E-state index is 0.848. The van der Waals surface area contributed by atoms with Gasteiger partial charge in [0.05, 0.1) is 6.54 Å². The highest BCUT2D eigenvalue weighted by molar-refractivity contribution is 5.99. The number of anilines is 1. The Morgan fingerprint density at radius 2 is 1.80 bits per heavy atom. The van der Waals surface area contributed by atoms with Crippen LogP contribution in [0, 0.1) is 0 Å². The van der Waals surface area contributed by atoms with Gasteiger partial charge in [0.1, 0.15) is 5.84 Å². The number of benzene rings is 2. The van der Waals surface area contributed by atoms with Crippen molar-refractivity contribution < 1.29 is 0 Å². The fourth-order valence-electron chi connectivity index (χ4n) is 2.38.